The van der Waals surface area contributed by atoms with Gasteiger partial charge in [0.05, 0.1) is 11.8 Å². The molecule has 0 unspecified atom stereocenters. The average Bonchev–Trinajstić information content (AvgIpc) is 3.10. The van der Waals surface area contributed by atoms with Crippen LogP contribution in [0.1, 0.15) is 36.4 Å². The second-order valence-corrected chi connectivity index (χ2v) is 8.21. The molecule has 2 aromatic rings. The molecule has 2 aromatic carbocycles. The second-order valence-electron chi connectivity index (χ2n) is 7.07. The summed E-state index contributed by atoms with van der Waals surface area (Å²) in [5.41, 5.74) is 4.26. The van der Waals surface area contributed by atoms with Gasteiger partial charge in [0.25, 0.3) is 5.91 Å². The Bertz CT molecular complexity index is 935. The third-order valence-electron chi connectivity index (χ3n) is 5.29. The van der Waals surface area contributed by atoms with Crippen LogP contribution in [-0.2, 0) is 4.79 Å². The van der Waals surface area contributed by atoms with Gasteiger partial charge in [-0.2, -0.15) is 5.10 Å². The van der Waals surface area contributed by atoms with Crippen molar-refractivity contribution in [3.05, 3.63) is 75.3 Å². The number of carbonyl (C=O) groups is 1. The summed E-state index contributed by atoms with van der Waals surface area (Å²) in [6, 6.07) is 15.2. The van der Waals surface area contributed by atoms with Crippen LogP contribution in [0.4, 0.5) is 0 Å². The van der Waals surface area contributed by atoms with Gasteiger partial charge in [0, 0.05) is 16.0 Å². The number of hydrogen-bond donors (Lipinski definition) is 0. The van der Waals surface area contributed by atoms with Gasteiger partial charge in [-0.25, -0.2) is 5.01 Å². The average molecular weight is 434 g/mol. The highest BCUT2D eigenvalue weighted by atomic mass is 35.5. The lowest BCUT2D eigenvalue weighted by atomic mass is 9.77. The molecule has 1 heterocycles. The number of rotatable bonds is 3. The van der Waals surface area contributed by atoms with Gasteiger partial charge < -0.3 is 0 Å². The fourth-order valence-corrected chi connectivity index (χ4v) is 4.40. The number of hydrazone groups is 1. The van der Waals surface area contributed by atoms with E-state index in [-0.39, 0.29) is 23.7 Å². The lowest BCUT2D eigenvalue weighted by Gasteiger charge is -2.29. The molecule has 1 saturated carbocycles. The molecule has 1 fully saturated rings. The topological polar surface area (TPSA) is 32.7 Å². The van der Waals surface area contributed by atoms with Crippen LogP contribution in [-0.4, -0.2) is 22.5 Å². The van der Waals surface area contributed by atoms with Crippen molar-refractivity contribution in [2.24, 2.45) is 11.0 Å². The minimum absolute atomic E-state index is 0.0934. The fourth-order valence-electron chi connectivity index (χ4n) is 4.02. The maximum atomic E-state index is 12.5. The molecule has 3 nitrogen and oxygen atoms in total. The van der Waals surface area contributed by atoms with E-state index in [0.29, 0.717) is 10.0 Å². The summed E-state index contributed by atoms with van der Waals surface area (Å²) in [6.45, 7) is 0. The lowest BCUT2D eigenvalue weighted by Crippen LogP contribution is -2.32. The van der Waals surface area contributed by atoms with Crippen LogP contribution in [0.5, 0.6) is 0 Å². The number of alkyl halides is 1. The summed E-state index contributed by atoms with van der Waals surface area (Å²) in [6.07, 6.45) is 5.12. The van der Waals surface area contributed by atoms with E-state index in [1.807, 2.05) is 48.5 Å². The van der Waals surface area contributed by atoms with Gasteiger partial charge in [0.2, 0.25) is 0 Å². The molecule has 1 amide bonds. The van der Waals surface area contributed by atoms with Gasteiger partial charge in [-0.1, -0.05) is 47.5 Å². The number of hydrogen-bond acceptors (Lipinski definition) is 2. The van der Waals surface area contributed by atoms with Crippen molar-refractivity contribution in [1.82, 2.24) is 5.01 Å². The molecule has 2 aliphatic rings. The van der Waals surface area contributed by atoms with Crippen molar-refractivity contribution in [1.29, 1.82) is 0 Å². The maximum absolute atomic E-state index is 12.5. The van der Waals surface area contributed by atoms with Crippen molar-refractivity contribution in [2.45, 2.75) is 25.3 Å². The molecule has 2 atom stereocenters. The first kappa shape index (κ1) is 19.5. The fraction of sp³-hybridized carbons (Fsp3) is 0.273. The van der Waals surface area contributed by atoms with Crippen LogP contribution in [0.15, 0.2) is 59.2 Å². The highest BCUT2D eigenvalue weighted by molar-refractivity contribution is 6.31. The molecule has 28 heavy (non-hydrogen) atoms. The quantitative estimate of drug-likeness (QED) is 0.519. The minimum atomic E-state index is -0.186. The Morgan fingerprint density at radius 1 is 1.07 bits per heavy atom. The van der Waals surface area contributed by atoms with E-state index in [0.717, 1.165) is 36.1 Å². The molecular formula is C22H19Cl3N2O. The van der Waals surface area contributed by atoms with Gasteiger partial charge in [-0.05, 0) is 66.3 Å². The zero-order valence-electron chi connectivity index (χ0n) is 15.1. The summed E-state index contributed by atoms with van der Waals surface area (Å²) in [4.78, 5) is 12.5. The predicted octanol–water partition coefficient (Wildman–Crippen LogP) is 6.36. The van der Waals surface area contributed by atoms with Gasteiger partial charge in [-0.15, -0.1) is 11.6 Å². The summed E-state index contributed by atoms with van der Waals surface area (Å²) in [5, 5.41) is 7.69. The minimum Gasteiger partial charge on any atom is -0.272 e. The Morgan fingerprint density at radius 2 is 1.71 bits per heavy atom. The zero-order chi connectivity index (χ0) is 19.7. The van der Waals surface area contributed by atoms with E-state index in [4.69, 9.17) is 39.9 Å². The lowest BCUT2D eigenvalue weighted by molar-refractivity contribution is -0.130. The molecule has 6 heteroatoms. The number of halogens is 3. The van der Waals surface area contributed by atoms with Crippen molar-refractivity contribution in [3.63, 3.8) is 0 Å². The van der Waals surface area contributed by atoms with Gasteiger partial charge in [0.1, 0.15) is 5.88 Å². The number of fused-ring (bicyclic) bond motifs is 1. The zero-order valence-corrected chi connectivity index (χ0v) is 17.4. The Balaban J connectivity index is 1.73. The Kier molecular flexibility index (Phi) is 5.77. The van der Waals surface area contributed by atoms with Gasteiger partial charge >= 0.3 is 0 Å². The smallest absolute Gasteiger partial charge is 0.258 e. The molecule has 0 radical (unpaired) electrons. The standard InChI is InChI=1S/C22H19Cl3N2O/c23-13-20(28)27-22(15-6-10-18(25)11-7-15)19-3-1-2-16(21(19)26-27)12-14-4-8-17(24)9-5-14/h4-12,19,22H,1-3,13H2/b16-12+/t19-,22-/m1/s1. The first-order valence-corrected chi connectivity index (χ1v) is 10.5. The number of nitrogens with zero attached hydrogens (tertiary/aromatic N) is 2. The molecule has 0 bridgehead atoms. The number of allylic oxidation sites excluding steroid dienone is 1. The maximum Gasteiger partial charge on any atom is 0.258 e. The monoisotopic (exact) mass is 432 g/mol. The number of benzene rings is 2. The normalized spacial score (nSPS) is 22.9. The molecule has 4 rings (SSSR count). The van der Waals surface area contributed by atoms with E-state index in [1.54, 1.807) is 5.01 Å². The number of amides is 1. The first-order chi connectivity index (χ1) is 13.6. The highest BCUT2D eigenvalue weighted by Gasteiger charge is 2.43. The van der Waals surface area contributed by atoms with Crippen molar-refractivity contribution >= 4 is 52.5 Å². The van der Waals surface area contributed by atoms with Crippen molar-refractivity contribution < 1.29 is 4.79 Å². The molecule has 1 aliphatic heterocycles. The van der Waals surface area contributed by atoms with E-state index >= 15 is 0 Å². The van der Waals surface area contributed by atoms with E-state index in [2.05, 4.69) is 6.08 Å². The van der Waals surface area contributed by atoms with Crippen molar-refractivity contribution in [2.75, 3.05) is 5.88 Å². The summed E-state index contributed by atoms with van der Waals surface area (Å²) in [7, 11) is 0. The van der Waals surface area contributed by atoms with E-state index in [1.165, 1.54) is 5.57 Å². The molecule has 0 saturated heterocycles. The summed E-state index contributed by atoms with van der Waals surface area (Å²) in [5.74, 6) is -0.126. The Morgan fingerprint density at radius 3 is 2.36 bits per heavy atom. The SMILES string of the molecule is O=C(CCl)N1N=C2/C(=C/c3ccc(Cl)cc3)CCC[C@H]2[C@H]1c1ccc(Cl)cc1. The summed E-state index contributed by atoms with van der Waals surface area (Å²) < 4.78 is 0. The highest BCUT2D eigenvalue weighted by Crippen LogP contribution is 2.44. The third kappa shape index (κ3) is 3.84. The summed E-state index contributed by atoms with van der Waals surface area (Å²) >= 11 is 17.9. The predicted molar refractivity (Wildman–Crippen MR) is 116 cm³/mol. The van der Waals surface area contributed by atoms with Gasteiger partial charge in [0.15, 0.2) is 0 Å². The van der Waals surface area contributed by atoms with Crippen LogP contribution in [0.2, 0.25) is 10.0 Å². The second kappa shape index (κ2) is 8.28. The van der Waals surface area contributed by atoms with Crippen molar-refractivity contribution in [3.8, 4) is 0 Å². The first-order valence-electron chi connectivity index (χ1n) is 9.25. The van der Waals surface area contributed by atoms with E-state index < -0.39 is 0 Å². The molecule has 0 aromatic heterocycles. The van der Waals surface area contributed by atoms with E-state index in [9.17, 15) is 4.79 Å². The van der Waals surface area contributed by atoms with Crippen LogP contribution in [0.3, 0.4) is 0 Å². The molecular weight excluding hydrogens is 415 g/mol. The van der Waals surface area contributed by atoms with Crippen LogP contribution >= 0.6 is 34.8 Å². The van der Waals surface area contributed by atoms with Gasteiger partial charge in [-0.3, -0.25) is 4.79 Å². The Hall–Kier alpha value is -1.81. The van der Waals surface area contributed by atoms with Crippen LogP contribution in [0, 0.1) is 5.92 Å². The van der Waals surface area contributed by atoms with Crippen LogP contribution in [0.25, 0.3) is 6.08 Å². The largest absolute Gasteiger partial charge is 0.272 e. The molecule has 0 spiro atoms. The van der Waals surface area contributed by atoms with Crippen LogP contribution < -0.4 is 0 Å². The molecule has 144 valence electrons. The molecule has 0 N–H and O–H groups in total. The third-order valence-corrected chi connectivity index (χ3v) is 6.03. The molecule has 1 aliphatic carbocycles. The Labute approximate surface area is 179 Å². The number of carbonyl (C=O) groups excluding carboxylic acids is 1.